The van der Waals surface area contributed by atoms with Gasteiger partial charge in [-0.2, -0.15) is 0 Å². The molecule has 3 aromatic rings. The minimum absolute atomic E-state index is 0.0190. The van der Waals surface area contributed by atoms with Crippen LogP contribution in [0, 0.1) is 5.82 Å². The maximum Gasteiger partial charge on any atom is 0.258 e. The number of carbonyl (C=O) groups excluding carboxylic acids is 3. The summed E-state index contributed by atoms with van der Waals surface area (Å²) in [5.74, 6) is -0.916. The van der Waals surface area contributed by atoms with Gasteiger partial charge < -0.3 is 25.8 Å². The van der Waals surface area contributed by atoms with Crippen LogP contribution in [0.2, 0.25) is 0 Å². The van der Waals surface area contributed by atoms with Crippen LogP contribution in [0.1, 0.15) is 23.6 Å². The van der Waals surface area contributed by atoms with Crippen molar-refractivity contribution < 1.29 is 18.8 Å². The van der Waals surface area contributed by atoms with Crippen LogP contribution in [0.3, 0.4) is 0 Å². The van der Waals surface area contributed by atoms with Crippen molar-refractivity contribution in [1.29, 1.82) is 0 Å². The summed E-state index contributed by atoms with van der Waals surface area (Å²) in [7, 11) is 3.86. The molecule has 2 aliphatic heterocycles. The van der Waals surface area contributed by atoms with Gasteiger partial charge in [0.05, 0.1) is 23.5 Å². The van der Waals surface area contributed by atoms with Gasteiger partial charge in [-0.1, -0.05) is 18.2 Å². The van der Waals surface area contributed by atoms with Gasteiger partial charge in [-0.3, -0.25) is 19.3 Å². The molecule has 3 amide bonds. The number of hydrogen-bond donors (Lipinski definition) is 3. The number of fused-ring (bicyclic) bond motifs is 1. The molecule has 0 unspecified atom stereocenters. The van der Waals surface area contributed by atoms with Crippen molar-refractivity contribution in [2.24, 2.45) is 0 Å². The van der Waals surface area contributed by atoms with Gasteiger partial charge in [-0.05, 0) is 66.7 Å². The molecule has 0 bridgehead atoms. The molecule has 5 rings (SSSR count). The van der Waals surface area contributed by atoms with E-state index in [0.717, 1.165) is 43.0 Å². The Hall–Kier alpha value is -4.54. The first kappa shape index (κ1) is 29.0. The van der Waals surface area contributed by atoms with Gasteiger partial charge in [0.2, 0.25) is 11.8 Å². The summed E-state index contributed by atoms with van der Waals surface area (Å²) in [5, 5.41) is 8.97. The van der Waals surface area contributed by atoms with Crippen LogP contribution in [0.25, 0.3) is 11.3 Å². The predicted molar refractivity (Wildman–Crippen MR) is 163 cm³/mol. The quantitative estimate of drug-likeness (QED) is 0.358. The Bertz CT molecular complexity index is 1530. The molecule has 3 aromatic carbocycles. The van der Waals surface area contributed by atoms with Gasteiger partial charge >= 0.3 is 0 Å². The number of piperazine rings is 1. The van der Waals surface area contributed by atoms with Crippen LogP contribution in [0.4, 0.5) is 21.5 Å². The summed E-state index contributed by atoms with van der Waals surface area (Å²) in [6.45, 7) is 5.79. The number of nitrogens with zero attached hydrogens (tertiary/aromatic N) is 3. The van der Waals surface area contributed by atoms with Crippen LogP contribution in [-0.2, 0) is 20.9 Å². The fourth-order valence-corrected chi connectivity index (χ4v) is 5.10. The van der Waals surface area contributed by atoms with E-state index in [0.29, 0.717) is 41.3 Å². The van der Waals surface area contributed by atoms with E-state index in [4.69, 9.17) is 0 Å². The standard InChI is InChI=1S/C32H35FN6O3/c1-21(40)34-19-22-5-4-6-23(17-22)31(30-27-12-7-24(33)18-28(27)36-32(30)42)35-25-8-10-26(11-9-25)38(3)29(41)20-39-15-13-37(2)14-16-39/h4-12,17-18,35H,13-16,19-20H2,1-3H3,(H,34,40)(H,36,42). The average molecular weight is 571 g/mol. The first-order valence-electron chi connectivity index (χ1n) is 13.9. The van der Waals surface area contributed by atoms with E-state index in [2.05, 4.69) is 32.8 Å². The van der Waals surface area contributed by atoms with E-state index < -0.39 is 5.82 Å². The highest BCUT2D eigenvalue weighted by Gasteiger charge is 2.29. The van der Waals surface area contributed by atoms with Crippen molar-refractivity contribution >= 4 is 46.1 Å². The third-order valence-corrected chi connectivity index (χ3v) is 7.59. The number of rotatable bonds is 8. The molecule has 42 heavy (non-hydrogen) atoms. The van der Waals surface area contributed by atoms with Gasteiger partial charge in [0.25, 0.3) is 5.91 Å². The molecule has 218 valence electrons. The lowest BCUT2D eigenvalue weighted by atomic mass is 9.98. The fraction of sp³-hybridized carbons (Fsp3) is 0.281. The van der Waals surface area contributed by atoms with E-state index in [1.165, 1.54) is 19.1 Å². The molecular formula is C32H35FN6O3. The SMILES string of the molecule is CC(=O)NCc1cccc(C(Nc2ccc(N(C)C(=O)CN3CCN(C)CC3)cc2)=C2C(=O)Nc3cc(F)ccc32)c1. The molecule has 1 saturated heterocycles. The van der Waals surface area contributed by atoms with Crippen molar-refractivity contribution in [3.05, 3.63) is 89.2 Å². The molecule has 0 aromatic heterocycles. The van der Waals surface area contributed by atoms with Crippen molar-refractivity contribution in [3.63, 3.8) is 0 Å². The van der Waals surface area contributed by atoms with Gasteiger partial charge in [0, 0.05) is 63.6 Å². The van der Waals surface area contributed by atoms with Crippen LogP contribution < -0.4 is 20.9 Å². The summed E-state index contributed by atoms with van der Waals surface area (Å²) in [6, 6.07) is 19.2. The monoisotopic (exact) mass is 570 g/mol. The molecule has 1 fully saturated rings. The van der Waals surface area contributed by atoms with E-state index in [1.807, 2.05) is 48.5 Å². The van der Waals surface area contributed by atoms with Crippen LogP contribution in [0.5, 0.6) is 0 Å². The minimum Gasteiger partial charge on any atom is -0.354 e. The summed E-state index contributed by atoms with van der Waals surface area (Å²) in [4.78, 5) is 43.7. The Morgan fingerprint density at radius 2 is 1.74 bits per heavy atom. The zero-order valence-electron chi connectivity index (χ0n) is 24.0. The highest BCUT2D eigenvalue weighted by atomic mass is 19.1. The molecule has 0 atom stereocenters. The average Bonchev–Trinajstić information content (AvgIpc) is 3.30. The Balaban J connectivity index is 1.42. The molecule has 10 heteroatoms. The van der Waals surface area contributed by atoms with Crippen molar-refractivity contribution in [2.45, 2.75) is 13.5 Å². The molecule has 2 heterocycles. The second-order valence-electron chi connectivity index (χ2n) is 10.7. The number of carbonyl (C=O) groups is 3. The second kappa shape index (κ2) is 12.5. The van der Waals surface area contributed by atoms with Gasteiger partial charge in [0.15, 0.2) is 0 Å². The molecular weight excluding hydrogens is 535 g/mol. The number of likely N-dealkylation sites (N-methyl/N-ethyl adjacent to an activating group) is 2. The number of nitrogens with one attached hydrogen (secondary N) is 3. The third kappa shape index (κ3) is 6.67. The summed E-state index contributed by atoms with van der Waals surface area (Å²) >= 11 is 0. The topological polar surface area (TPSA) is 97.0 Å². The molecule has 0 radical (unpaired) electrons. The number of hydrogen-bond acceptors (Lipinski definition) is 6. The normalized spacial score (nSPS) is 16.4. The molecule has 0 spiro atoms. The zero-order valence-corrected chi connectivity index (χ0v) is 24.0. The van der Waals surface area contributed by atoms with E-state index >= 15 is 0 Å². The van der Waals surface area contributed by atoms with Crippen LogP contribution in [-0.4, -0.2) is 74.3 Å². The van der Waals surface area contributed by atoms with E-state index in [9.17, 15) is 18.8 Å². The first-order chi connectivity index (χ1) is 20.2. The fourth-order valence-electron chi connectivity index (χ4n) is 5.10. The summed E-state index contributed by atoms with van der Waals surface area (Å²) in [5.41, 5.74) is 4.95. The Labute approximate surface area is 245 Å². The summed E-state index contributed by atoms with van der Waals surface area (Å²) < 4.78 is 13.9. The largest absolute Gasteiger partial charge is 0.354 e. The summed E-state index contributed by atoms with van der Waals surface area (Å²) in [6.07, 6.45) is 0. The van der Waals surface area contributed by atoms with Crippen molar-refractivity contribution in [1.82, 2.24) is 15.1 Å². The maximum atomic E-state index is 13.9. The third-order valence-electron chi connectivity index (χ3n) is 7.59. The van der Waals surface area contributed by atoms with Crippen LogP contribution >= 0.6 is 0 Å². The lowest BCUT2D eigenvalue weighted by molar-refractivity contribution is -0.120. The van der Waals surface area contributed by atoms with Gasteiger partial charge in [-0.15, -0.1) is 0 Å². The van der Waals surface area contributed by atoms with Crippen LogP contribution in [0.15, 0.2) is 66.7 Å². The highest BCUT2D eigenvalue weighted by molar-refractivity contribution is 6.37. The number of halogens is 1. The molecule has 3 N–H and O–H groups in total. The van der Waals surface area contributed by atoms with Gasteiger partial charge in [0.1, 0.15) is 5.82 Å². The zero-order chi connectivity index (χ0) is 29.8. The van der Waals surface area contributed by atoms with Crippen molar-refractivity contribution in [3.8, 4) is 0 Å². The number of anilines is 3. The number of amides is 3. The molecule has 0 saturated carbocycles. The minimum atomic E-state index is -0.441. The smallest absolute Gasteiger partial charge is 0.258 e. The van der Waals surface area contributed by atoms with E-state index in [1.54, 1.807) is 18.0 Å². The second-order valence-corrected chi connectivity index (χ2v) is 10.7. The Kier molecular flexibility index (Phi) is 8.65. The highest BCUT2D eigenvalue weighted by Crippen LogP contribution is 2.38. The molecule has 9 nitrogen and oxygen atoms in total. The Morgan fingerprint density at radius 1 is 1.00 bits per heavy atom. The predicted octanol–water partition coefficient (Wildman–Crippen LogP) is 3.60. The molecule has 0 aliphatic carbocycles. The van der Waals surface area contributed by atoms with E-state index in [-0.39, 0.29) is 17.7 Å². The lowest BCUT2D eigenvalue weighted by Gasteiger charge is -2.32. The lowest BCUT2D eigenvalue weighted by Crippen LogP contribution is -2.48. The first-order valence-corrected chi connectivity index (χ1v) is 13.9. The molecule has 2 aliphatic rings. The van der Waals surface area contributed by atoms with Crippen molar-refractivity contribution in [2.75, 3.05) is 62.4 Å². The Morgan fingerprint density at radius 3 is 2.45 bits per heavy atom. The number of benzene rings is 3. The van der Waals surface area contributed by atoms with Gasteiger partial charge in [-0.25, -0.2) is 4.39 Å². The maximum absolute atomic E-state index is 13.9.